The molecule has 0 amide bonds. The summed E-state index contributed by atoms with van der Waals surface area (Å²) in [5.41, 5.74) is 19.8. The maximum atomic E-state index is 6.97. The third-order valence-corrected chi connectivity index (χ3v) is 10.0. The van der Waals surface area contributed by atoms with E-state index in [9.17, 15) is 0 Å². The number of benzene rings is 7. The van der Waals surface area contributed by atoms with Gasteiger partial charge in [-0.2, -0.15) is 0 Å². The second-order valence-corrected chi connectivity index (χ2v) is 12.9. The van der Waals surface area contributed by atoms with Crippen molar-refractivity contribution in [3.05, 3.63) is 221 Å². The number of hydrogen-bond donors (Lipinski definition) is 1. The molecule has 0 fully saturated rings. The predicted octanol–water partition coefficient (Wildman–Crippen LogP) is 11.0. The molecule has 0 aromatic heterocycles. The van der Waals surface area contributed by atoms with E-state index in [-0.39, 0.29) is 6.04 Å². The summed E-state index contributed by atoms with van der Waals surface area (Å²) in [5.74, 6) is 1.75. The maximum Gasteiger partial charge on any atom is 0.132 e. The molecule has 0 saturated heterocycles. The van der Waals surface area contributed by atoms with Crippen molar-refractivity contribution >= 4 is 11.9 Å². The predicted molar refractivity (Wildman–Crippen MR) is 205 cm³/mol. The lowest BCUT2D eigenvalue weighted by atomic mass is 9.66. The third kappa shape index (κ3) is 4.91. The lowest BCUT2D eigenvalue weighted by Crippen LogP contribution is -2.32. The van der Waals surface area contributed by atoms with Crippen molar-refractivity contribution in [1.82, 2.24) is 0 Å². The minimum absolute atomic E-state index is 0.369. The zero-order valence-corrected chi connectivity index (χ0v) is 27.4. The van der Waals surface area contributed by atoms with E-state index in [1.165, 1.54) is 27.8 Å². The van der Waals surface area contributed by atoms with Crippen molar-refractivity contribution in [2.24, 2.45) is 10.7 Å². The lowest BCUT2D eigenvalue weighted by molar-refractivity contribution is 0.436. The second kappa shape index (κ2) is 12.3. The Bertz CT molecular complexity index is 2360. The average molecular weight is 643 g/mol. The first-order chi connectivity index (χ1) is 24.7. The zero-order valence-electron chi connectivity index (χ0n) is 27.4. The van der Waals surface area contributed by atoms with Gasteiger partial charge in [0.05, 0.1) is 17.2 Å². The molecule has 1 spiro atoms. The fraction of sp³-hybridized carbons (Fsp3) is 0.0426. The molecule has 1 aliphatic heterocycles. The molecule has 1 unspecified atom stereocenters. The molecule has 50 heavy (non-hydrogen) atoms. The third-order valence-electron chi connectivity index (χ3n) is 10.0. The van der Waals surface area contributed by atoms with Crippen LogP contribution >= 0.6 is 0 Å². The summed E-state index contributed by atoms with van der Waals surface area (Å²) in [7, 11) is 0. The normalized spacial score (nSPS) is 14.4. The molecule has 0 bridgehead atoms. The van der Waals surface area contributed by atoms with Crippen LogP contribution in [0.15, 0.2) is 187 Å². The molecule has 3 nitrogen and oxygen atoms in total. The van der Waals surface area contributed by atoms with Crippen LogP contribution in [0, 0.1) is 0 Å². The van der Waals surface area contributed by atoms with Gasteiger partial charge in [0.2, 0.25) is 0 Å². The highest BCUT2D eigenvalue weighted by Gasteiger charge is 2.51. The highest BCUT2D eigenvalue weighted by Crippen LogP contribution is 2.62. The summed E-state index contributed by atoms with van der Waals surface area (Å²) in [6.45, 7) is 0. The summed E-state index contributed by atoms with van der Waals surface area (Å²) >= 11 is 0. The summed E-state index contributed by atoms with van der Waals surface area (Å²) in [5, 5.41) is 0. The average Bonchev–Trinajstić information content (AvgIpc) is 3.47. The van der Waals surface area contributed by atoms with Crippen molar-refractivity contribution in [3.63, 3.8) is 0 Å². The quantitative estimate of drug-likeness (QED) is 0.184. The molecule has 0 saturated carbocycles. The van der Waals surface area contributed by atoms with E-state index in [0.717, 1.165) is 50.6 Å². The molecule has 3 heteroatoms. The van der Waals surface area contributed by atoms with Crippen molar-refractivity contribution in [1.29, 1.82) is 0 Å². The van der Waals surface area contributed by atoms with E-state index in [0.29, 0.717) is 0 Å². The molecule has 2 aliphatic rings. The Kier molecular flexibility index (Phi) is 7.34. The van der Waals surface area contributed by atoms with Gasteiger partial charge in [0.25, 0.3) is 0 Å². The molecule has 238 valence electrons. The first kappa shape index (κ1) is 29.8. The van der Waals surface area contributed by atoms with Crippen LogP contribution in [0.3, 0.4) is 0 Å². The lowest BCUT2D eigenvalue weighted by Gasteiger charge is -2.39. The van der Waals surface area contributed by atoms with Gasteiger partial charge < -0.3 is 10.5 Å². The van der Waals surface area contributed by atoms with Crippen molar-refractivity contribution in [3.8, 4) is 33.8 Å². The van der Waals surface area contributed by atoms with E-state index in [4.69, 9.17) is 15.5 Å². The Hall–Kier alpha value is -6.29. The first-order valence-corrected chi connectivity index (χ1v) is 17.0. The van der Waals surface area contributed by atoms with Crippen molar-refractivity contribution in [2.75, 3.05) is 0 Å². The van der Waals surface area contributed by atoms with Gasteiger partial charge in [0, 0.05) is 22.9 Å². The number of fused-ring (bicyclic) bond motifs is 9. The van der Waals surface area contributed by atoms with Gasteiger partial charge in [-0.05, 0) is 68.8 Å². The van der Waals surface area contributed by atoms with Crippen LogP contribution in [0.1, 0.15) is 45.0 Å². The molecular formula is C47H34N2O. The Morgan fingerprint density at radius 3 is 1.80 bits per heavy atom. The van der Waals surface area contributed by atoms with Crippen molar-refractivity contribution in [2.45, 2.75) is 11.5 Å². The monoisotopic (exact) mass is 642 g/mol. The maximum absolute atomic E-state index is 6.97. The van der Waals surface area contributed by atoms with Crippen LogP contribution in [0.4, 0.5) is 0 Å². The molecule has 7 aromatic carbocycles. The molecule has 1 heterocycles. The minimum atomic E-state index is -0.559. The van der Waals surface area contributed by atoms with E-state index in [1.807, 2.05) is 42.6 Å². The van der Waals surface area contributed by atoms with Crippen LogP contribution in [0.25, 0.3) is 28.0 Å². The molecule has 1 atom stereocenters. The number of nitrogens with two attached hydrogens (primary N) is 1. The highest BCUT2D eigenvalue weighted by molar-refractivity contribution is 5.91. The van der Waals surface area contributed by atoms with Gasteiger partial charge in [-0.25, -0.2) is 0 Å². The van der Waals surface area contributed by atoms with Gasteiger partial charge >= 0.3 is 0 Å². The molecular weight excluding hydrogens is 609 g/mol. The molecule has 9 rings (SSSR count). The van der Waals surface area contributed by atoms with Crippen molar-refractivity contribution < 1.29 is 4.74 Å². The Morgan fingerprint density at radius 2 is 1.10 bits per heavy atom. The number of hydrogen-bond acceptors (Lipinski definition) is 3. The summed E-state index contributed by atoms with van der Waals surface area (Å²) in [4.78, 5) is 5.12. The van der Waals surface area contributed by atoms with E-state index >= 15 is 0 Å². The van der Waals surface area contributed by atoms with E-state index in [2.05, 4.69) is 146 Å². The van der Waals surface area contributed by atoms with Crippen LogP contribution in [-0.2, 0) is 5.41 Å². The Labute approximate surface area is 292 Å². The molecule has 2 N–H and O–H groups in total. The van der Waals surface area contributed by atoms with E-state index < -0.39 is 5.41 Å². The number of rotatable bonds is 6. The zero-order chi connectivity index (χ0) is 33.5. The van der Waals surface area contributed by atoms with E-state index in [1.54, 1.807) is 0 Å². The van der Waals surface area contributed by atoms with Crippen LogP contribution in [-0.4, -0.2) is 6.21 Å². The van der Waals surface area contributed by atoms with Crippen LogP contribution in [0.5, 0.6) is 11.5 Å². The fourth-order valence-corrected chi connectivity index (χ4v) is 7.71. The molecule has 1 aliphatic carbocycles. The topological polar surface area (TPSA) is 47.6 Å². The standard InChI is InChI=1S/C47H34N2O/c48-43(35-25-23-34(24-26-35)33-15-5-2-6-16-33)30-44(49-31-32-13-3-1-4-14-32)36-27-28-38-37-17-7-8-18-39(37)47(42(38)29-36)40-19-9-11-21-45(40)50-46-22-12-10-20-41(46)47/h1-31,43H,48H2/b44-30-,49-31+. The SMILES string of the molecule is NC(/C=C(\N=C\c1ccccc1)c1ccc2c(c1)C1(c3ccccc3Oc3ccccc31)c1ccccc1-2)c1ccc(-c2ccccc2)cc1. The second-order valence-electron chi connectivity index (χ2n) is 12.9. The minimum Gasteiger partial charge on any atom is -0.457 e. The van der Waals surface area contributed by atoms with Gasteiger partial charge in [-0.1, -0.05) is 158 Å². The first-order valence-electron chi connectivity index (χ1n) is 17.0. The Balaban J connectivity index is 1.22. The summed E-state index contributed by atoms with van der Waals surface area (Å²) in [6.07, 6.45) is 4.01. The summed E-state index contributed by atoms with van der Waals surface area (Å²) in [6, 6.07) is 61.2. The Morgan fingerprint density at radius 1 is 0.540 bits per heavy atom. The number of para-hydroxylation sites is 2. The van der Waals surface area contributed by atoms with Gasteiger partial charge in [0.15, 0.2) is 0 Å². The summed E-state index contributed by atoms with van der Waals surface area (Å²) < 4.78 is 6.55. The smallest absolute Gasteiger partial charge is 0.132 e. The highest BCUT2D eigenvalue weighted by atomic mass is 16.5. The number of ether oxygens (including phenoxy) is 1. The number of nitrogens with zero attached hydrogens (tertiary/aromatic N) is 1. The van der Waals surface area contributed by atoms with Gasteiger partial charge in [-0.15, -0.1) is 0 Å². The number of aliphatic imine (C=N–C) groups is 1. The largest absolute Gasteiger partial charge is 0.457 e. The van der Waals surface area contributed by atoms with Gasteiger partial charge in [0.1, 0.15) is 11.5 Å². The molecule has 7 aromatic rings. The van der Waals surface area contributed by atoms with Gasteiger partial charge in [-0.3, -0.25) is 4.99 Å². The van der Waals surface area contributed by atoms with Crippen LogP contribution in [0.2, 0.25) is 0 Å². The fourth-order valence-electron chi connectivity index (χ4n) is 7.71. The van der Waals surface area contributed by atoms with Crippen LogP contribution < -0.4 is 10.5 Å². The molecule has 0 radical (unpaired) electrons.